The number of benzene rings is 1. The van der Waals surface area contributed by atoms with E-state index >= 15 is 0 Å². The third-order valence-corrected chi connectivity index (χ3v) is 7.65. The number of piperidine rings is 1. The average molecular weight is 489 g/mol. The van der Waals surface area contributed by atoms with Crippen molar-refractivity contribution in [3.05, 3.63) is 47.7 Å². The van der Waals surface area contributed by atoms with E-state index < -0.39 is 10.0 Å². The molecule has 0 saturated carbocycles. The summed E-state index contributed by atoms with van der Waals surface area (Å²) in [6.07, 6.45) is 4.97. The maximum Gasteiger partial charge on any atom is 0.221 e. The molecule has 1 aromatic heterocycles. The first-order valence-corrected chi connectivity index (χ1v) is 13.6. The lowest BCUT2D eigenvalue weighted by Crippen LogP contribution is -2.49. The van der Waals surface area contributed by atoms with Gasteiger partial charge >= 0.3 is 0 Å². The number of rotatable bonds is 10. The Morgan fingerprint density at radius 3 is 2.76 bits per heavy atom. The van der Waals surface area contributed by atoms with Crippen molar-refractivity contribution in [3.8, 4) is 17.0 Å². The number of pyridine rings is 1. The molecule has 1 aliphatic rings. The zero-order chi connectivity index (χ0) is 24.9. The third kappa shape index (κ3) is 6.77. The molecule has 34 heavy (non-hydrogen) atoms. The Balaban J connectivity index is 1.68. The standard InChI is InChI=1S/C25H36N4O4S/c1-18(2)21-8-5-9-22(23(21)16-24(26)30)19-10-11-27-25(15-19)33-14-13-28(3)20-7-6-12-29(17-20)34(4,31)32/h5,8-11,15,18,20H,6-7,12-14,16-17H2,1-4H3,(H2,26,30). The van der Waals surface area contributed by atoms with E-state index in [4.69, 9.17) is 10.5 Å². The number of amides is 1. The van der Waals surface area contributed by atoms with Crippen molar-refractivity contribution in [2.24, 2.45) is 5.73 Å². The first-order chi connectivity index (χ1) is 16.1. The molecule has 0 radical (unpaired) electrons. The smallest absolute Gasteiger partial charge is 0.221 e. The van der Waals surface area contributed by atoms with Gasteiger partial charge in [0.25, 0.3) is 0 Å². The van der Waals surface area contributed by atoms with Crippen molar-refractivity contribution in [2.45, 2.75) is 45.1 Å². The summed E-state index contributed by atoms with van der Waals surface area (Å²) in [5.74, 6) is 0.410. The van der Waals surface area contributed by atoms with E-state index in [-0.39, 0.29) is 24.3 Å². The Bertz CT molecular complexity index is 1100. The monoisotopic (exact) mass is 488 g/mol. The van der Waals surface area contributed by atoms with Gasteiger partial charge in [0.2, 0.25) is 21.8 Å². The molecule has 1 unspecified atom stereocenters. The van der Waals surface area contributed by atoms with Gasteiger partial charge in [-0.2, -0.15) is 0 Å². The summed E-state index contributed by atoms with van der Waals surface area (Å²) in [5.41, 5.74) is 9.47. The van der Waals surface area contributed by atoms with Gasteiger partial charge < -0.3 is 10.5 Å². The van der Waals surface area contributed by atoms with Gasteiger partial charge in [-0.25, -0.2) is 17.7 Å². The van der Waals surface area contributed by atoms with Gasteiger partial charge in [0.15, 0.2) is 0 Å². The van der Waals surface area contributed by atoms with E-state index in [1.807, 2.05) is 37.4 Å². The van der Waals surface area contributed by atoms with Crippen LogP contribution in [-0.2, 0) is 21.2 Å². The van der Waals surface area contributed by atoms with Gasteiger partial charge in [-0.15, -0.1) is 0 Å². The van der Waals surface area contributed by atoms with Crippen molar-refractivity contribution < 1.29 is 17.9 Å². The van der Waals surface area contributed by atoms with E-state index in [1.165, 1.54) is 6.26 Å². The summed E-state index contributed by atoms with van der Waals surface area (Å²) in [5, 5.41) is 0. The number of primary amides is 1. The molecule has 2 heterocycles. The molecule has 0 spiro atoms. The van der Waals surface area contributed by atoms with Crippen molar-refractivity contribution in [1.82, 2.24) is 14.2 Å². The van der Waals surface area contributed by atoms with Crippen molar-refractivity contribution >= 4 is 15.9 Å². The van der Waals surface area contributed by atoms with Crippen LogP contribution in [0, 0.1) is 0 Å². The minimum absolute atomic E-state index is 0.168. The first-order valence-electron chi connectivity index (χ1n) is 11.7. The molecule has 1 fully saturated rings. The minimum atomic E-state index is -3.17. The second kappa shape index (κ2) is 11.3. The lowest BCUT2D eigenvalue weighted by molar-refractivity contribution is -0.117. The number of nitrogens with zero attached hydrogens (tertiary/aromatic N) is 3. The average Bonchev–Trinajstić information content (AvgIpc) is 2.78. The van der Waals surface area contributed by atoms with Crippen LogP contribution < -0.4 is 10.5 Å². The number of nitrogens with two attached hydrogens (primary N) is 1. The molecule has 8 nitrogen and oxygen atoms in total. The molecule has 0 aliphatic carbocycles. The molecule has 1 amide bonds. The quantitative estimate of drug-likeness (QED) is 0.551. The topological polar surface area (TPSA) is 106 Å². The fraction of sp³-hybridized carbons (Fsp3) is 0.520. The third-order valence-electron chi connectivity index (χ3n) is 6.38. The van der Waals surface area contributed by atoms with Gasteiger partial charge in [0, 0.05) is 37.9 Å². The fourth-order valence-corrected chi connectivity index (χ4v) is 5.41. The second-order valence-corrected chi connectivity index (χ2v) is 11.3. The summed E-state index contributed by atoms with van der Waals surface area (Å²) in [6.45, 7) is 6.39. The van der Waals surface area contributed by atoms with Crippen molar-refractivity contribution in [2.75, 3.05) is 39.5 Å². The number of likely N-dealkylation sites (N-methyl/N-ethyl adjacent to an activating group) is 1. The predicted molar refractivity (Wildman–Crippen MR) is 134 cm³/mol. The number of ether oxygens (including phenoxy) is 1. The largest absolute Gasteiger partial charge is 0.476 e. The number of hydrogen-bond donors (Lipinski definition) is 1. The zero-order valence-electron chi connectivity index (χ0n) is 20.5. The molecule has 3 rings (SSSR count). The normalized spacial score (nSPS) is 17.3. The zero-order valence-corrected chi connectivity index (χ0v) is 21.3. The molecule has 1 saturated heterocycles. The lowest BCUT2D eigenvalue weighted by atomic mass is 9.88. The van der Waals surface area contributed by atoms with Crippen LogP contribution in [-0.4, -0.2) is 74.1 Å². The molecule has 2 aromatic rings. The summed E-state index contributed by atoms with van der Waals surface area (Å²) in [6, 6.07) is 9.99. The maximum atomic E-state index is 11.9. The SMILES string of the molecule is CC(C)c1cccc(-c2ccnc(OCCN(C)C3CCCN(S(C)(=O)=O)C3)c2)c1CC(N)=O. The van der Waals surface area contributed by atoms with E-state index in [1.54, 1.807) is 10.5 Å². The number of carbonyl (C=O) groups excluding carboxylic acids is 1. The van der Waals surface area contributed by atoms with Gasteiger partial charge in [-0.05, 0) is 54.1 Å². The van der Waals surface area contributed by atoms with Crippen LogP contribution in [0.2, 0.25) is 0 Å². The molecule has 9 heteroatoms. The summed E-state index contributed by atoms with van der Waals surface area (Å²) in [7, 11) is -1.17. The Labute approximate surface area is 203 Å². The van der Waals surface area contributed by atoms with Crippen LogP contribution in [0.5, 0.6) is 5.88 Å². The summed E-state index contributed by atoms with van der Waals surface area (Å²) < 4.78 is 31.3. The van der Waals surface area contributed by atoms with Crippen LogP contribution in [0.3, 0.4) is 0 Å². The highest BCUT2D eigenvalue weighted by Crippen LogP contribution is 2.31. The maximum absolute atomic E-state index is 11.9. The molecular weight excluding hydrogens is 452 g/mol. The van der Waals surface area contributed by atoms with Crippen LogP contribution in [0.1, 0.15) is 43.7 Å². The lowest BCUT2D eigenvalue weighted by Gasteiger charge is -2.36. The van der Waals surface area contributed by atoms with Crippen LogP contribution in [0.15, 0.2) is 36.5 Å². The fourth-order valence-electron chi connectivity index (χ4n) is 4.50. The van der Waals surface area contributed by atoms with Crippen molar-refractivity contribution in [3.63, 3.8) is 0 Å². The van der Waals surface area contributed by atoms with Gasteiger partial charge in [0.1, 0.15) is 6.61 Å². The Hall–Kier alpha value is -2.49. The van der Waals surface area contributed by atoms with Crippen LogP contribution in [0.25, 0.3) is 11.1 Å². The van der Waals surface area contributed by atoms with Gasteiger partial charge in [-0.3, -0.25) is 9.69 Å². The van der Waals surface area contributed by atoms with E-state index in [9.17, 15) is 13.2 Å². The Morgan fingerprint density at radius 2 is 2.09 bits per heavy atom. The van der Waals surface area contributed by atoms with E-state index in [0.29, 0.717) is 32.1 Å². The Morgan fingerprint density at radius 1 is 1.32 bits per heavy atom. The number of hydrogen-bond acceptors (Lipinski definition) is 6. The van der Waals surface area contributed by atoms with Crippen LogP contribution >= 0.6 is 0 Å². The first kappa shape index (κ1) is 26.1. The predicted octanol–water partition coefficient (Wildman–Crippen LogP) is 2.63. The molecule has 186 valence electrons. The van der Waals surface area contributed by atoms with E-state index in [0.717, 1.165) is 35.1 Å². The number of sulfonamides is 1. The highest BCUT2D eigenvalue weighted by molar-refractivity contribution is 7.88. The van der Waals surface area contributed by atoms with Crippen LogP contribution in [0.4, 0.5) is 0 Å². The minimum Gasteiger partial charge on any atom is -0.476 e. The molecule has 1 atom stereocenters. The van der Waals surface area contributed by atoms with E-state index in [2.05, 4.69) is 23.7 Å². The molecular formula is C25H36N4O4S. The number of carbonyl (C=O) groups is 1. The second-order valence-electron chi connectivity index (χ2n) is 9.30. The highest BCUT2D eigenvalue weighted by atomic mass is 32.2. The highest BCUT2D eigenvalue weighted by Gasteiger charge is 2.28. The van der Waals surface area contributed by atoms with Gasteiger partial charge in [-0.1, -0.05) is 32.0 Å². The Kier molecular flexibility index (Phi) is 8.67. The molecule has 1 aliphatic heterocycles. The molecule has 2 N–H and O–H groups in total. The van der Waals surface area contributed by atoms with Gasteiger partial charge in [0.05, 0.1) is 12.7 Å². The summed E-state index contributed by atoms with van der Waals surface area (Å²) >= 11 is 0. The number of aromatic nitrogens is 1. The summed E-state index contributed by atoms with van der Waals surface area (Å²) in [4.78, 5) is 18.2. The molecule has 0 bridgehead atoms. The molecule has 1 aromatic carbocycles. The van der Waals surface area contributed by atoms with Crippen molar-refractivity contribution in [1.29, 1.82) is 0 Å².